The summed E-state index contributed by atoms with van der Waals surface area (Å²) in [5, 5.41) is 3.73. The average Bonchev–Trinajstić information content (AvgIpc) is 2.48. The first-order chi connectivity index (χ1) is 10.1. The second-order valence-corrected chi connectivity index (χ2v) is 5.16. The van der Waals surface area contributed by atoms with Crippen molar-refractivity contribution < 1.29 is 9.13 Å². The Bertz CT molecular complexity index is 619. The molecule has 0 bridgehead atoms. The Hall–Kier alpha value is -1.81. The van der Waals surface area contributed by atoms with Gasteiger partial charge >= 0.3 is 0 Å². The highest BCUT2D eigenvalue weighted by Gasteiger charge is 2.07. The molecule has 0 amide bonds. The highest BCUT2D eigenvalue weighted by Crippen LogP contribution is 2.22. The Morgan fingerprint density at radius 2 is 2.10 bits per heavy atom. The minimum absolute atomic E-state index is 0.199. The number of aryl methyl sites for hydroxylation is 1. The van der Waals surface area contributed by atoms with Gasteiger partial charge in [-0.15, -0.1) is 0 Å². The summed E-state index contributed by atoms with van der Waals surface area (Å²) in [6.45, 7) is 4.99. The first-order valence-corrected chi connectivity index (χ1v) is 7.26. The summed E-state index contributed by atoms with van der Waals surface area (Å²) >= 11 is 6.12. The first kappa shape index (κ1) is 15.6. The van der Waals surface area contributed by atoms with Crippen LogP contribution in [0.4, 0.5) is 10.2 Å². The zero-order valence-corrected chi connectivity index (χ0v) is 12.9. The number of hydrogen-bond donors (Lipinski definition) is 1. The summed E-state index contributed by atoms with van der Waals surface area (Å²) in [7, 11) is 0. The van der Waals surface area contributed by atoms with Crippen molar-refractivity contribution in [2.75, 3.05) is 11.9 Å². The summed E-state index contributed by atoms with van der Waals surface area (Å²) < 4.78 is 18.9. The highest BCUT2D eigenvalue weighted by atomic mass is 35.5. The van der Waals surface area contributed by atoms with E-state index < -0.39 is 0 Å². The number of rotatable bonds is 6. The largest absolute Gasteiger partial charge is 0.487 e. The van der Waals surface area contributed by atoms with Gasteiger partial charge in [0.1, 0.15) is 24.0 Å². The molecular formula is C16H18ClFN2O. The molecule has 0 aliphatic carbocycles. The van der Waals surface area contributed by atoms with E-state index >= 15 is 0 Å². The third kappa shape index (κ3) is 4.33. The summed E-state index contributed by atoms with van der Waals surface area (Å²) in [6, 6.07) is 8.06. The maximum Gasteiger partial charge on any atom is 0.132 e. The van der Waals surface area contributed by atoms with E-state index in [4.69, 9.17) is 16.3 Å². The molecule has 112 valence electrons. The Morgan fingerprint density at radius 3 is 2.86 bits per heavy atom. The van der Waals surface area contributed by atoms with Crippen LogP contribution in [0.5, 0.6) is 5.75 Å². The molecule has 2 aromatic rings. The van der Waals surface area contributed by atoms with Gasteiger partial charge in [0, 0.05) is 12.6 Å². The molecule has 1 aromatic heterocycles. The van der Waals surface area contributed by atoms with Gasteiger partial charge in [-0.3, -0.25) is 0 Å². The first-order valence-electron chi connectivity index (χ1n) is 6.88. The molecule has 0 atom stereocenters. The van der Waals surface area contributed by atoms with Crippen molar-refractivity contribution in [2.45, 2.75) is 26.9 Å². The molecule has 0 aliphatic heterocycles. The van der Waals surface area contributed by atoms with Crippen molar-refractivity contribution in [2.24, 2.45) is 0 Å². The van der Waals surface area contributed by atoms with E-state index in [1.54, 1.807) is 12.1 Å². The highest BCUT2D eigenvalue weighted by molar-refractivity contribution is 6.31. The lowest BCUT2D eigenvalue weighted by atomic mass is 10.2. The summed E-state index contributed by atoms with van der Waals surface area (Å²) in [6.07, 6.45) is 1.01. The number of anilines is 1. The van der Waals surface area contributed by atoms with E-state index in [-0.39, 0.29) is 12.4 Å². The smallest absolute Gasteiger partial charge is 0.132 e. The van der Waals surface area contributed by atoms with Gasteiger partial charge in [0.25, 0.3) is 0 Å². The standard InChI is InChI=1S/C16H18ClFN2O/c1-3-8-19-16-7-6-13(17)14(20-16)10-21-15-9-12(18)5-4-11(15)2/h4-7,9H,3,8,10H2,1-2H3,(H,19,20). The second-order valence-electron chi connectivity index (χ2n) is 4.75. The molecular weight excluding hydrogens is 291 g/mol. The minimum Gasteiger partial charge on any atom is -0.487 e. The fourth-order valence-corrected chi connectivity index (χ4v) is 1.97. The quantitative estimate of drug-likeness (QED) is 0.848. The zero-order valence-electron chi connectivity index (χ0n) is 12.1. The number of nitrogens with zero attached hydrogens (tertiary/aromatic N) is 1. The predicted molar refractivity (Wildman–Crippen MR) is 83.5 cm³/mol. The predicted octanol–water partition coefficient (Wildman–Crippen LogP) is 4.58. The number of benzene rings is 1. The van der Waals surface area contributed by atoms with Gasteiger partial charge in [0.05, 0.1) is 10.7 Å². The Morgan fingerprint density at radius 1 is 1.29 bits per heavy atom. The van der Waals surface area contributed by atoms with Crippen LogP contribution in [-0.4, -0.2) is 11.5 Å². The minimum atomic E-state index is -0.326. The van der Waals surface area contributed by atoms with Crippen molar-refractivity contribution >= 4 is 17.4 Å². The third-order valence-electron chi connectivity index (χ3n) is 2.99. The molecule has 3 nitrogen and oxygen atoms in total. The third-order valence-corrected chi connectivity index (χ3v) is 3.33. The van der Waals surface area contributed by atoms with Crippen molar-refractivity contribution in [1.82, 2.24) is 4.98 Å². The van der Waals surface area contributed by atoms with Gasteiger partial charge in [-0.1, -0.05) is 24.6 Å². The molecule has 1 N–H and O–H groups in total. The number of halogens is 2. The van der Waals surface area contributed by atoms with Crippen LogP contribution in [-0.2, 0) is 6.61 Å². The van der Waals surface area contributed by atoms with Crippen LogP contribution in [0.2, 0.25) is 5.02 Å². The molecule has 0 saturated heterocycles. The number of hydrogen-bond acceptors (Lipinski definition) is 3. The molecule has 2 rings (SSSR count). The van der Waals surface area contributed by atoms with Crippen LogP contribution in [0, 0.1) is 12.7 Å². The van der Waals surface area contributed by atoms with Crippen LogP contribution in [0.15, 0.2) is 30.3 Å². The van der Waals surface area contributed by atoms with E-state index in [1.807, 2.05) is 13.0 Å². The summed E-state index contributed by atoms with van der Waals surface area (Å²) in [5.41, 5.74) is 1.49. The fraction of sp³-hybridized carbons (Fsp3) is 0.312. The fourth-order valence-electron chi connectivity index (χ4n) is 1.81. The summed E-state index contributed by atoms with van der Waals surface area (Å²) in [5.74, 6) is 0.934. The SMILES string of the molecule is CCCNc1ccc(Cl)c(COc2cc(F)ccc2C)n1. The van der Waals surface area contributed by atoms with Crippen LogP contribution < -0.4 is 10.1 Å². The Labute approximate surface area is 129 Å². The molecule has 0 fully saturated rings. The lowest BCUT2D eigenvalue weighted by Crippen LogP contribution is -2.06. The molecule has 1 heterocycles. The number of aromatic nitrogens is 1. The van der Waals surface area contributed by atoms with E-state index in [9.17, 15) is 4.39 Å². The monoisotopic (exact) mass is 308 g/mol. The molecule has 0 aliphatic rings. The number of nitrogens with one attached hydrogen (secondary N) is 1. The molecule has 0 saturated carbocycles. The van der Waals surface area contributed by atoms with Gasteiger partial charge in [0.2, 0.25) is 0 Å². The zero-order chi connectivity index (χ0) is 15.2. The molecule has 0 radical (unpaired) electrons. The average molecular weight is 309 g/mol. The molecule has 0 unspecified atom stereocenters. The van der Waals surface area contributed by atoms with Gasteiger partial charge in [-0.05, 0) is 37.1 Å². The van der Waals surface area contributed by atoms with Crippen LogP contribution in [0.3, 0.4) is 0 Å². The molecule has 1 aromatic carbocycles. The lowest BCUT2D eigenvalue weighted by molar-refractivity contribution is 0.298. The normalized spacial score (nSPS) is 10.5. The summed E-state index contributed by atoms with van der Waals surface area (Å²) in [4.78, 5) is 4.42. The Balaban J connectivity index is 2.10. The molecule has 5 heteroatoms. The van der Waals surface area contributed by atoms with Crippen molar-refractivity contribution in [3.05, 3.63) is 52.4 Å². The van der Waals surface area contributed by atoms with E-state index in [0.717, 1.165) is 24.3 Å². The van der Waals surface area contributed by atoms with Crippen molar-refractivity contribution in [1.29, 1.82) is 0 Å². The molecule has 21 heavy (non-hydrogen) atoms. The lowest BCUT2D eigenvalue weighted by Gasteiger charge is -2.11. The van der Waals surface area contributed by atoms with E-state index in [0.29, 0.717) is 16.5 Å². The Kier molecular flexibility index (Phi) is 5.39. The van der Waals surface area contributed by atoms with E-state index in [2.05, 4.69) is 17.2 Å². The van der Waals surface area contributed by atoms with Crippen molar-refractivity contribution in [3.63, 3.8) is 0 Å². The van der Waals surface area contributed by atoms with Crippen molar-refractivity contribution in [3.8, 4) is 5.75 Å². The number of ether oxygens (including phenoxy) is 1. The van der Waals surface area contributed by atoms with Crippen LogP contribution in [0.25, 0.3) is 0 Å². The van der Waals surface area contributed by atoms with E-state index in [1.165, 1.54) is 12.1 Å². The van der Waals surface area contributed by atoms with Crippen LogP contribution in [0.1, 0.15) is 24.6 Å². The maximum atomic E-state index is 13.2. The van der Waals surface area contributed by atoms with Gasteiger partial charge in [0.15, 0.2) is 0 Å². The topological polar surface area (TPSA) is 34.1 Å². The molecule has 0 spiro atoms. The van der Waals surface area contributed by atoms with Crippen LogP contribution >= 0.6 is 11.6 Å². The van der Waals surface area contributed by atoms with Gasteiger partial charge in [-0.25, -0.2) is 9.37 Å². The second kappa shape index (κ2) is 7.27. The number of pyridine rings is 1. The van der Waals surface area contributed by atoms with Gasteiger partial charge in [-0.2, -0.15) is 0 Å². The maximum absolute atomic E-state index is 13.2. The van der Waals surface area contributed by atoms with Gasteiger partial charge < -0.3 is 10.1 Å².